The van der Waals surface area contributed by atoms with Crippen molar-refractivity contribution < 1.29 is 18.0 Å². The molecule has 1 rings (SSSR count). The molecule has 5 nitrogen and oxygen atoms in total. The molecule has 0 aromatic carbocycles. The van der Waals surface area contributed by atoms with Crippen LogP contribution < -0.4 is 10.6 Å². The number of hydrogen-bond acceptors (Lipinski definition) is 4. The van der Waals surface area contributed by atoms with Crippen molar-refractivity contribution in [3.8, 4) is 0 Å². The van der Waals surface area contributed by atoms with Crippen LogP contribution in [0.25, 0.3) is 0 Å². The van der Waals surface area contributed by atoms with E-state index < -0.39 is 17.9 Å². The molecule has 0 bridgehead atoms. The first-order valence-electron chi connectivity index (χ1n) is 5.29. The molecule has 0 radical (unpaired) electrons. The number of amides is 1. The first-order chi connectivity index (χ1) is 8.34. The summed E-state index contributed by atoms with van der Waals surface area (Å²) in [6.07, 6.45) is -4.52. The summed E-state index contributed by atoms with van der Waals surface area (Å²) in [6.45, 7) is 3.82. The van der Waals surface area contributed by atoms with E-state index >= 15 is 0 Å². The van der Waals surface area contributed by atoms with Crippen molar-refractivity contribution in [2.24, 2.45) is 0 Å². The Labute approximate surface area is 102 Å². The highest BCUT2D eigenvalue weighted by atomic mass is 19.4. The Morgan fingerprint density at radius 3 is 2.50 bits per heavy atom. The highest BCUT2D eigenvalue weighted by molar-refractivity contribution is 5.83. The standard InChI is InChI=1S/C10H13F3N4O/c1-3-14-9(18)6(2)15-8-5-4-7(16-17-8)10(11,12)13/h4-6H,3H2,1-2H3,(H,14,18)(H,15,17). The molecule has 8 heteroatoms. The minimum atomic E-state index is -4.52. The smallest absolute Gasteiger partial charge is 0.357 e. The fourth-order valence-electron chi connectivity index (χ4n) is 1.18. The maximum atomic E-state index is 12.2. The lowest BCUT2D eigenvalue weighted by Gasteiger charge is -2.13. The zero-order valence-electron chi connectivity index (χ0n) is 9.88. The van der Waals surface area contributed by atoms with E-state index in [9.17, 15) is 18.0 Å². The second-order valence-corrected chi connectivity index (χ2v) is 3.56. The summed E-state index contributed by atoms with van der Waals surface area (Å²) < 4.78 is 36.7. The highest BCUT2D eigenvalue weighted by Gasteiger charge is 2.32. The van der Waals surface area contributed by atoms with Gasteiger partial charge in [-0.05, 0) is 26.0 Å². The molecule has 0 aliphatic carbocycles. The van der Waals surface area contributed by atoms with E-state index in [1.165, 1.54) is 0 Å². The van der Waals surface area contributed by atoms with Crippen LogP contribution >= 0.6 is 0 Å². The number of carbonyl (C=O) groups is 1. The molecule has 18 heavy (non-hydrogen) atoms. The normalized spacial score (nSPS) is 12.9. The minimum Gasteiger partial charge on any atom is -0.357 e. The highest BCUT2D eigenvalue weighted by Crippen LogP contribution is 2.27. The summed E-state index contributed by atoms with van der Waals surface area (Å²) in [5.74, 6) is -0.152. The maximum absolute atomic E-state index is 12.2. The van der Waals surface area contributed by atoms with Gasteiger partial charge in [-0.3, -0.25) is 4.79 Å². The van der Waals surface area contributed by atoms with Crippen molar-refractivity contribution in [2.45, 2.75) is 26.1 Å². The quantitative estimate of drug-likeness (QED) is 0.861. The predicted octanol–water partition coefficient (Wildman–Crippen LogP) is 1.43. The fraction of sp³-hybridized carbons (Fsp3) is 0.500. The SMILES string of the molecule is CCNC(=O)C(C)Nc1ccc(C(F)(F)F)nn1. The topological polar surface area (TPSA) is 66.9 Å². The zero-order chi connectivity index (χ0) is 13.8. The lowest BCUT2D eigenvalue weighted by molar-refractivity contribution is -0.141. The number of nitrogens with zero attached hydrogens (tertiary/aromatic N) is 2. The third-order valence-corrected chi connectivity index (χ3v) is 2.06. The van der Waals surface area contributed by atoms with Gasteiger partial charge in [0.15, 0.2) is 5.69 Å². The number of rotatable bonds is 4. The van der Waals surface area contributed by atoms with E-state index in [4.69, 9.17) is 0 Å². The average molecular weight is 262 g/mol. The van der Waals surface area contributed by atoms with Gasteiger partial charge in [0, 0.05) is 6.54 Å². The second kappa shape index (κ2) is 5.65. The molecule has 0 aliphatic rings. The van der Waals surface area contributed by atoms with Crippen molar-refractivity contribution in [3.63, 3.8) is 0 Å². The largest absolute Gasteiger partial charge is 0.435 e. The van der Waals surface area contributed by atoms with Gasteiger partial charge >= 0.3 is 6.18 Å². The Morgan fingerprint density at radius 1 is 1.39 bits per heavy atom. The first-order valence-corrected chi connectivity index (χ1v) is 5.29. The molecule has 2 N–H and O–H groups in total. The summed E-state index contributed by atoms with van der Waals surface area (Å²) in [5.41, 5.74) is -1.07. The van der Waals surface area contributed by atoms with Crippen LogP contribution in [0.3, 0.4) is 0 Å². The van der Waals surface area contributed by atoms with Crippen molar-refractivity contribution >= 4 is 11.7 Å². The molecule has 1 aromatic heterocycles. The Kier molecular flexibility index (Phi) is 4.46. The number of hydrogen-bond donors (Lipinski definition) is 2. The number of aromatic nitrogens is 2. The number of alkyl halides is 3. The third kappa shape index (κ3) is 3.86. The minimum absolute atomic E-state index is 0.113. The van der Waals surface area contributed by atoms with Gasteiger partial charge in [-0.2, -0.15) is 13.2 Å². The Hall–Kier alpha value is -1.86. The molecular formula is C10H13F3N4O. The fourth-order valence-corrected chi connectivity index (χ4v) is 1.18. The zero-order valence-corrected chi connectivity index (χ0v) is 9.88. The number of halogens is 3. The lowest BCUT2D eigenvalue weighted by Crippen LogP contribution is -2.37. The Balaban J connectivity index is 2.67. The predicted molar refractivity (Wildman–Crippen MR) is 58.8 cm³/mol. The van der Waals surface area contributed by atoms with Crippen LogP contribution in [-0.2, 0) is 11.0 Å². The molecule has 0 saturated heterocycles. The molecule has 0 saturated carbocycles. The van der Waals surface area contributed by atoms with Crippen LogP contribution in [0, 0.1) is 0 Å². The van der Waals surface area contributed by atoms with E-state index in [1.54, 1.807) is 13.8 Å². The van der Waals surface area contributed by atoms with Gasteiger partial charge in [0.05, 0.1) is 0 Å². The molecule has 100 valence electrons. The number of likely N-dealkylation sites (N-methyl/N-ethyl adjacent to an activating group) is 1. The molecule has 1 heterocycles. The number of carbonyl (C=O) groups excluding carboxylic acids is 1. The molecule has 1 amide bonds. The molecule has 0 fully saturated rings. The Bertz CT molecular complexity index is 405. The summed E-state index contributed by atoms with van der Waals surface area (Å²) in [5, 5.41) is 11.6. The monoisotopic (exact) mass is 262 g/mol. The van der Waals surface area contributed by atoms with Crippen LogP contribution in [0.1, 0.15) is 19.5 Å². The van der Waals surface area contributed by atoms with Crippen LogP contribution in [0.5, 0.6) is 0 Å². The van der Waals surface area contributed by atoms with Crippen LogP contribution in [-0.4, -0.2) is 28.7 Å². The maximum Gasteiger partial charge on any atom is 0.435 e. The van der Waals surface area contributed by atoms with Gasteiger partial charge in [0.2, 0.25) is 5.91 Å². The average Bonchev–Trinajstić information content (AvgIpc) is 2.28. The summed E-state index contributed by atoms with van der Waals surface area (Å²) in [4.78, 5) is 11.4. The Morgan fingerprint density at radius 2 is 2.06 bits per heavy atom. The molecular weight excluding hydrogens is 249 g/mol. The van der Waals surface area contributed by atoms with Gasteiger partial charge in [-0.15, -0.1) is 10.2 Å². The molecule has 0 spiro atoms. The summed E-state index contributed by atoms with van der Waals surface area (Å²) in [6, 6.07) is 1.33. The second-order valence-electron chi connectivity index (χ2n) is 3.56. The van der Waals surface area contributed by atoms with Crippen molar-refractivity contribution in [1.82, 2.24) is 15.5 Å². The van der Waals surface area contributed by atoms with E-state index in [1.807, 2.05) is 0 Å². The van der Waals surface area contributed by atoms with Crippen LogP contribution in [0.15, 0.2) is 12.1 Å². The third-order valence-electron chi connectivity index (χ3n) is 2.06. The van der Waals surface area contributed by atoms with Gasteiger partial charge in [-0.1, -0.05) is 0 Å². The van der Waals surface area contributed by atoms with E-state index in [-0.39, 0.29) is 11.7 Å². The van der Waals surface area contributed by atoms with E-state index in [0.29, 0.717) is 6.54 Å². The van der Waals surface area contributed by atoms with Gasteiger partial charge < -0.3 is 10.6 Å². The number of nitrogens with one attached hydrogen (secondary N) is 2. The molecule has 1 unspecified atom stereocenters. The van der Waals surface area contributed by atoms with Crippen molar-refractivity contribution in [1.29, 1.82) is 0 Å². The molecule has 1 aromatic rings. The van der Waals surface area contributed by atoms with Crippen molar-refractivity contribution in [2.75, 3.05) is 11.9 Å². The number of anilines is 1. The van der Waals surface area contributed by atoms with Crippen molar-refractivity contribution in [3.05, 3.63) is 17.8 Å². The lowest BCUT2D eigenvalue weighted by atomic mass is 10.3. The van der Waals surface area contributed by atoms with Crippen LogP contribution in [0.4, 0.5) is 19.0 Å². The summed E-state index contributed by atoms with van der Waals surface area (Å²) >= 11 is 0. The summed E-state index contributed by atoms with van der Waals surface area (Å²) in [7, 11) is 0. The van der Waals surface area contributed by atoms with E-state index in [0.717, 1.165) is 12.1 Å². The van der Waals surface area contributed by atoms with Gasteiger partial charge in [0.25, 0.3) is 0 Å². The van der Waals surface area contributed by atoms with Gasteiger partial charge in [0.1, 0.15) is 11.9 Å². The van der Waals surface area contributed by atoms with E-state index in [2.05, 4.69) is 20.8 Å². The van der Waals surface area contributed by atoms with Gasteiger partial charge in [-0.25, -0.2) is 0 Å². The first kappa shape index (κ1) is 14.2. The molecule has 1 atom stereocenters. The molecule has 0 aliphatic heterocycles. The van der Waals surface area contributed by atoms with Crippen LogP contribution in [0.2, 0.25) is 0 Å².